The summed E-state index contributed by atoms with van der Waals surface area (Å²) in [6.07, 6.45) is 3.59. The van der Waals surface area contributed by atoms with Crippen molar-refractivity contribution in [3.63, 3.8) is 0 Å². The van der Waals surface area contributed by atoms with Gasteiger partial charge in [0.05, 0.1) is 5.41 Å². The minimum absolute atomic E-state index is 0.225. The van der Waals surface area contributed by atoms with Crippen LogP contribution in [0.5, 0.6) is 0 Å². The van der Waals surface area contributed by atoms with Gasteiger partial charge in [0, 0.05) is 51.5 Å². The van der Waals surface area contributed by atoms with Gasteiger partial charge in [0.1, 0.15) is 11.6 Å². The SMILES string of the molecule is O=C(N1CC(N2CCN(c3ccccn3)CC2)C1)C1(c2ccc(F)cc2)CC1. The maximum Gasteiger partial charge on any atom is 0.233 e. The highest BCUT2D eigenvalue weighted by atomic mass is 19.1. The van der Waals surface area contributed by atoms with Crippen LogP contribution in [-0.2, 0) is 10.2 Å². The number of carbonyl (C=O) groups is 1. The van der Waals surface area contributed by atoms with Crippen LogP contribution in [0.1, 0.15) is 18.4 Å². The zero-order valence-electron chi connectivity index (χ0n) is 15.9. The summed E-state index contributed by atoms with van der Waals surface area (Å²) in [5.74, 6) is 1.02. The summed E-state index contributed by atoms with van der Waals surface area (Å²) in [4.78, 5) is 24.3. The lowest BCUT2D eigenvalue weighted by Gasteiger charge is -2.49. The smallest absolute Gasteiger partial charge is 0.233 e. The molecular weight excluding hydrogens is 355 g/mol. The molecule has 3 aliphatic rings. The highest BCUT2D eigenvalue weighted by Gasteiger charge is 2.55. The predicted octanol–water partition coefficient (Wildman–Crippen LogP) is 2.29. The number of hydrogen-bond acceptors (Lipinski definition) is 4. The minimum Gasteiger partial charge on any atom is -0.354 e. The Hall–Kier alpha value is -2.47. The lowest BCUT2D eigenvalue weighted by Crippen LogP contribution is -2.65. The largest absolute Gasteiger partial charge is 0.354 e. The van der Waals surface area contributed by atoms with E-state index < -0.39 is 5.41 Å². The molecule has 0 N–H and O–H groups in total. The van der Waals surface area contributed by atoms with Gasteiger partial charge in [-0.2, -0.15) is 0 Å². The van der Waals surface area contributed by atoms with Crippen molar-refractivity contribution in [2.75, 3.05) is 44.2 Å². The van der Waals surface area contributed by atoms with Crippen LogP contribution in [-0.4, -0.2) is 66.0 Å². The van der Waals surface area contributed by atoms with Gasteiger partial charge in [-0.05, 0) is 42.7 Å². The van der Waals surface area contributed by atoms with E-state index in [4.69, 9.17) is 0 Å². The van der Waals surface area contributed by atoms with Gasteiger partial charge in [-0.25, -0.2) is 9.37 Å². The first-order valence-electron chi connectivity index (χ1n) is 10.1. The molecule has 146 valence electrons. The van der Waals surface area contributed by atoms with Gasteiger partial charge in [-0.3, -0.25) is 9.69 Å². The number of nitrogens with zero attached hydrogens (tertiary/aromatic N) is 4. The molecule has 1 saturated carbocycles. The third-order valence-corrected chi connectivity index (χ3v) is 6.51. The molecule has 5 nitrogen and oxygen atoms in total. The third kappa shape index (κ3) is 3.05. The van der Waals surface area contributed by atoms with Gasteiger partial charge < -0.3 is 9.80 Å². The summed E-state index contributed by atoms with van der Waals surface area (Å²) in [6.45, 7) is 5.58. The van der Waals surface area contributed by atoms with Gasteiger partial charge in [-0.15, -0.1) is 0 Å². The molecule has 1 aromatic carbocycles. The number of amides is 1. The fourth-order valence-corrected chi connectivity index (χ4v) is 4.53. The van der Waals surface area contributed by atoms with Gasteiger partial charge in [0.2, 0.25) is 5.91 Å². The summed E-state index contributed by atoms with van der Waals surface area (Å²) in [6, 6.07) is 13.0. The lowest BCUT2D eigenvalue weighted by atomic mass is 9.92. The molecule has 6 heteroatoms. The molecule has 1 aliphatic carbocycles. The van der Waals surface area contributed by atoms with E-state index in [9.17, 15) is 9.18 Å². The number of piperazine rings is 1. The Labute approximate surface area is 164 Å². The molecule has 3 heterocycles. The number of pyridine rings is 1. The van der Waals surface area contributed by atoms with Crippen molar-refractivity contribution in [3.05, 3.63) is 60.0 Å². The normalized spacial score (nSPS) is 22.0. The van der Waals surface area contributed by atoms with Crippen LogP contribution in [0.25, 0.3) is 0 Å². The van der Waals surface area contributed by atoms with E-state index >= 15 is 0 Å². The van der Waals surface area contributed by atoms with Crippen LogP contribution in [0.3, 0.4) is 0 Å². The van der Waals surface area contributed by atoms with Crippen molar-refractivity contribution in [2.24, 2.45) is 0 Å². The molecule has 28 heavy (non-hydrogen) atoms. The molecule has 2 aromatic rings. The van der Waals surface area contributed by atoms with Crippen LogP contribution in [0.4, 0.5) is 10.2 Å². The molecule has 0 atom stereocenters. The average molecular weight is 380 g/mol. The molecular formula is C22H25FN4O. The Morgan fingerprint density at radius 1 is 1.00 bits per heavy atom. The summed E-state index contributed by atoms with van der Waals surface area (Å²) < 4.78 is 13.2. The van der Waals surface area contributed by atoms with Gasteiger partial charge in [0.15, 0.2) is 0 Å². The Bertz CT molecular complexity index is 839. The monoisotopic (exact) mass is 380 g/mol. The van der Waals surface area contributed by atoms with Crippen LogP contribution < -0.4 is 4.90 Å². The van der Waals surface area contributed by atoms with Crippen molar-refractivity contribution in [1.82, 2.24) is 14.8 Å². The molecule has 0 bridgehead atoms. The summed E-state index contributed by atoms with van der Waals surface area (Å²) in [7, 11) is 0. The second kappa shape index (κ2) is 6.85. The number of rotatable bonds is 4. The first-order valence-corrected chi connectivity index (χ1v) is 10.1. The van der Waals surface area contributed by atoms with Gasteiger partial charge in [-0.1, -0.05) is 18.2 Å². The first kappa shape index (κ1) is 17.6. The molecule has 1 amide bonds. The van der Waals surface area contributed by atoms with E-state index in [-0.39, 0.29) is 11.7 Å². The van der Waals surface area contributed by atoms with Crippen molar-refractivity contribution < 1.29 is 9.18 Å². The van der Waals surface area contributed by atoms with E-state index in [1.54, 1.807) is 12.1 Å². The molecule has 0 unspecified atom stereocenters. The standard InChI is InChI=1S/C22H25FN4O/c23-18-6-4-17(5-7-18)22(8-9-22)21(28)27-15-19(16-27)25-11-13-26(14-12-25)20-3-1-2-10-24-20/h1-7,10,19H,8-9,11-16H2. The summed E-state index contributed by atoms with van der Waals surface area (Å²) in [5.41, 5.74) is 0.572. The molecule has 3 fully saturated rings. The minimum atomic E-state index is -0.393. The number of carbonyl (C=O) groups excluding carboxylic acids is 1. The molecule has 5 rings (SSSR count). The van der Waals surface area contributed by atoms with Gasteiger partial charge >= 0.3 is 0 Å². The highest BCUT2D eigenvalue weighted by molar-refractivity contribution is 5.92. The highest BCUT2D eigenvalue weighted by Crippen LogP contribution is 2.50. The van der Waals surface area contributed by atoms with Crippen LogP contribution >= 0.6 is 0 Å². The number of halogens is 1. The fraction of sp³-hybridized carbons (Fsp3) is 0.455. The second-order valence-corrected chi connectivity index (χ2v) is 8.16. The Balaban J connectivity index is 1.15. The predicted molar refractivity (Wildman–Crippen MR) is 106 cm³/mol. The lowest BCUT2D eigenvalue weighted by molar-refractivity contribution is -0.141. The van der Waals surface area contributed by atoms with Crippen LogP contribution in [0.15, 0.2) is 48.7 Å². The van der Waals surface area contributed by atoms with Crippen molar-refractivity contribution >= 4 is 11.7 Å². The molecule has 2 aliphatic heterocycles. The maximum atomic E-state index is 13.2. The summed E-state index contributed by atoms with van der Waals surface area (Å²) in [5, 5.41) is 0. The number of benzene rings is 1. The Morgan fingerprint density at radius 2 is 1.71 bits per heavy atom. The van der Waals surface area contributed by atoms with E-state index in [1.165, 1.54) is 12.1 Å². The van der Waals surface area contributed by atoms with Crippen molar-refractivity contribution in [3.8, 4) is 0 Å². The Kier molecular flexibility index (Phi) is 4.31. The zero-order chi connectivity index (χ0) is 19.1. The van der Waals surface area contributed by atoms with Crippen molar-refractivity contribution in [1.29, 1.82) is 0 Å². The quantitative estimate of drug-likeness (QED) is 0.816. The molecule has 0 radical (unpaired) electrons. The Morgan fingerprint density at radius 3 is 2.32 bits per heavy atom. The van der Waals surface area contributed by atoms with Gasteiger partial charge in [0.25, 0.3) is 0 Å². The van der Waals surface area contributed by atoms with Crippen molar-refractivity contribution in [2.45, 2.75) is 24.3 Å². The molecule has 0 spiro atoms. The van der Waals surface area contributed by atoms with Crippen LogP contribution in [0.2, 0.25) is 0 Å². The molecule has 1 aromatic heterocycles. The zero-order valence-corrected chi connectivity index (χ0v) is 15.9. The van der Waals surface area contributed by atoms with E-state index in [0.717, 1.165) is 63.5 Å². The number of aromatic nitrogens is 1. The van der Waals surface area contributed by atoms with E-state index in [2.05, 4.69) is 20.9 Å². The number of anilines is 1. The van der Waals surface area contributed by atoms with Crippen LogP contribution in [0, 0.1) is 5.82 Å². The van der Waals surface area contributed by atoms with E-state index in [1.807, 2.05) is 23.2 Å². The van der Waals surface area contributed by atoms with E-state index in [0.29, 0.717) is 6.04 Å². The topological polar surface area (TPSA) is 39.7 Å². The number of hydrogen-bond donors (Lipinski definition) is 0. The third-order valence-electron chi connectivity index (χ3n) is 6.51. The first-order chi connectivity index (χ1) is 13.7. The fourth-order valence-electron chi connectivity index (χ4n) is 4.53. The second-order valence-electron chi connectivity index (χ2n) is 8.16. The average Bonchev–Trinajstić information content (AvgIpc) is 3.51. The summed E-state index contributed by atoms with van der Waals surface area (Å²) >= 11 is 0. The molecule has 2 saturated heterocycles. The maximum absolute atomic E-state index is 13.2. The number of likely N-dealkylation sites (tertiary alicyclic amines) is 1.